The molecule has 39 heavy (non-hydrogen) atoms. The maximum atomic E-state index is 9.92. The zero-order chi connectivity index (χ0) is 28.5. The molecule has 0 spiro atoms. The zero-order valence-electron chi connectivity index (χ0n) is 24.5. The van der Waals surface area contributed by atoms with Crippen molar-refractivity contribution in [3.05, 3.63) is 0 Å². The van der Waals surface area contributed by atoms with Gasteiger partial charge in [-0.2, -0.15) is 29.9 Å². The topological polar surface area (TPSA) is 161 Å². The molecule has 2 aromatic rings. The smallest absolute Gasteiger partial charge is 0.256 e. The summed E-state index contributed by atoms with van der Waals surface area (Å²) in [4.78, 5) is 31.5. The van der Waals surface area contributed by atoms with Gasteiger partial charge in [-0.3, -0.25) is 10.0 Å². The van der Waals surface area contributed by atoms with Crippen LogP contribution in [0.2, 0.25) is 0 Å². The fourth-order valence-corrected chi connectivity index (χ4v) is 3.19. The lowest BCUT2D eigenvalue weighted by Crippen LogP contribution is -2.32. The van der Waals surface area contributed by atoms with Crippen molar-refractivity contribution in [3.8, 4) is 0 Å². The van der Waals surface area contributed by atoms with Crippen LogP contribution >= 0.6 is 0 Å². The van der Waals surface area contributed by atoms with E-state index in [9.17, 15) is 5.21 Å². The van der Waals surface area contributed by atoms with Crippen LogP contribution < -0.4 is 31.4 Å². The first-order valence-electron chi connectivity index (χ1n) is 14.3. The van der Waals surface area contributed by atoms with E-state index in [1.165, 1.54) is 0 Å². The second kappa shape index (κ2) is 18.1. The van der Waals surface area contributed by atoms with E-state index in [0.717, 1.165) is 82.9 Å². The molecule has 14 heteroatoms. The van der Waals surface area contributed by atoms with Crippen molar-refractivity contribution in [1.82, 2.24) is 29.9 Å². The molecule has 0 unspecified atom stereocenters. The fraction of sp³-hybridized carbons (Fsp3) is 0.760. The summed E-state index contributed by atoms with van der Waals surface area (Å²) >= 11 is 0. The summed E-state index contributed by atoms with van der Waals surface area (Å²) in [5.74, 6) is 2.99. The van der Waals surface area contributed by atoms with E-state index >= 15 is 0 Å². The number of hydroxylamine groups is 2. The molecule has 0 saturated carbocycles. The summed E-state index contributed by atoms with van der Waals surface area (Å²) in [6.07, 6.45) is 6.19. The molecule has 14 nitrogen and oxygen atoms in total. The highest BCUT2D eigenvalue weighted by atomic mass is 16.7. The molecule has 220 valence electrons. The molecule has 0 aliphatic carbocycles. The van der Waals surface area contributed by atoms with E-state index in [2.05, 4.69) is 78.9 Å². The van der Waals surface area contributed by atoms with Crippen molar-refractivity contribution in [1.29, 1.82) is 0 Å². The molecule has 0 radical (unpaired) electrons. The monoisotopic (exact) mass is 548 g/mol. The van der Waals surface area contributed by atoms with Crippen molar-refractivity contribution in [2.24, 2.45) is 0 Å². The SMILES string of the molecule is CCCNc1nc(NCCC)nc(N(O)C(C)C)n1.CCCNc1nc(NCCC)nc(N2CCCCO2)n1. The van der Waals surface area contributed by atoms with Crippen LogP contribution in [0.4, 0.5) is 35.7 Å². The van der Waals surface area contributed by atoms with Crippen LogP contribution in [-0.2, 0) is 4.84 Å². The van der Waals surface area contributed by atoms with Crippen molar-refractivity contribution < 1.29 is 10.0 Å². The minimum Gasteiger partial charge on any atom is -0.354 e. The van der Waals surface area contributed by atoms with Gasteiger partial charge in [0.25, 0.3) is 11.9 Å². The van der Waals surface area contributed by atoms with Gasteiger partial charge in [-0.25, -0.2) is 10.1 Å². The average Bonchev–Trinajstić information content (AvgIpc) is 2.97. The van der Waals surface area contributed by atoms with Crippen LogP contribution in [0.3, 0.4) is 0 Å². The van der Waals surface area contributed by atoms with Crippen LogP contribution in [0, 0.1) is 0 Å². The first-order valence-corrected chi connectivity index (χ1v) is 14.3. The Morgan fingerprint density at radius 3 is 1.51 bits per heavy atom. The Morgan fingerprint density at radius 1 is 0.718 bits per heavy atom. The molecule has 1 aliphatic rings. The minimum atomic E-state index is -0.0968. The van der Waals surface area contributed by atoms with Gasteiger partial charge in [0, 0.05) is 32.7 Å². The minimum absolute atomic E-state index is 0.0968. The van der Waals surface area contributed by atoms with E-state index < -0.39 is 0 Å². The predicted molar refractivity (Wildman–Crippen MR) is 157 cm³/mol. The van der Waals surface area contributed by atoms with Crippen LogP contribution in [-0.4, -0.2) is 80.5 Å². The first-order chi connectivity index (χ1) is 18.9. The molecule has 5 N–H and O–H groups in total. The van der Waals surface area contributed by atoms with Crippen LogP contribution in [0.1, 0.15) is 80.1 Å². The van der Waals surface area contributed by atoms with Crippen LogP contribution in [0.15, 0.2) is 0 Å². The number of aromatic nitrogens is 6. The van der Waals surface area contributed by atoms with Crippen molar-refractivity contribution >= 4 is 35.7 Å². The van der Waals surface area contributed by atoms with Crippen molar-refractivity contribution in [3.63, 3.8) is 0 Å². The molecule has 1 fully saturated rings. The van der Waals surface area contributed by atoms with Crippen LogP contribution in [0.5, 0.6) is 0 Å². The van der Waals surface area contributed by atoms with Crippen LogP contribution in [0.25, 0.3) is 0 Å². The molecule has 0 bridgehead atoms. The Balaban J connectivity index is 0.000000274. The number of rotatable bonds is 15. The second-order valence-electron chi connectivity index (χ2n) is 9.35. The molecule has 1 saturated heterocycles. The number of nitrogens with one attached hydrogen (secondary N) is 4. The highest BCUT2D eigenvalue weighted by Crippen LogP contribution is 2.18. The highest BCUT2D eigenvalue weighted by molar-refractivity contribution is 5.43. The van der Waals surface area contributed by atoms with Crippen molar-refractivity contribution in [2.45, 2.75) is 86.1 Å². The Hall–Kier alpha value is -3.26. The summed E-state index contributed by atoms with van der Waals surface area (Å²) in [6.45, 7) is 16.9. The van der Waals surface area contributed by atoms with Gasteiger partial charge in [-0.15, -0.1) is 0 Å². The molecule has 0 atom stereocenters. The van der Waals surface area contributed by atoms with Gasteiger partial charge in [0.1, 0.15) is 0 Å². The van der Waals surface area contributed by atoms with Crippen molar-refractivity contribution in [2.75, 3.05) is 70.7 Å². The molecule has 2 aromatic heterocycles. The largest absolute Gasteiger partial charge is 0.354 e. The number of anilines is 6. The molecule has 0 amide bonds. The van der Waals surface area contributed by atoms with Gasteiger partial charge in [-0.05, 0) is 52.4 Å². The molecular weight excluding hydrogens is 500 g/mol. The summed E-state index contributed by atoms with van der Waals surface area (Å²) in [5, 5.41) is 25.3. The molecule has 0 aromatic carbocycles. The third-order valence-electron chi connectivity index (χ3n) is 5.30. The lowest BCUT2D eigenvalue weighted by atomic mass is 10.3. The first kappa shape index (κ1) is 32.0. The van der Waals surface area contributed by atoms with Gasteiger partial charge in [0.2, 0.25) is 23.8 Å². The zero-order valence-corrected chi connectivity index (χ0v) is 24.5. The summed E-state index contributed by atoms with van der Waals surface area (Å²) in [7, 11) is 0. The third kappa shape index (κ3) is 11.6. The molecule has 3 rings (SSSR count). The third-order valence-corrected chi connectivity index (χ3v) is 5.30. The molecule has 3 heterocycles. The van der Waals surface area contributed by atoms with Gasteiger partial charge in [0.05, 0.1) is 12.6 Å². The fourth-order valence-electron chi connectivity index (χ4n) is 3.19. The predicted octanol–water partition coefficient (Wildman–Crippen LogP) is 4.17. The molecule has 1 aliphatic heterocycles. The lowest BCUT2D eigenvalue weighted by molar-refractivity contribution is 0.0743. The van der Waals surface area contributed by atoms with E-state index in [1.807, 2.05) is 13.8 Å². The van der Waals surface area contributed by atoms with Gasteiger partial charge < -0.3 is 21.3 Å². The quantitative estimate of drug-likeness (QED) is 0.202. The standard InChI is InChI=1S/C13H24N6O.C12H24N6O/c1-3-7-14-11-16-12(15-8-4-2)18-13(17-11)19-9-5-6-10-20-19;1-5-7-13-10-15-11(14-8-6-2)17-12(16-10)18(19)9(3)4/h3-10H2,1-2H3,(H2,14,15,16,17,18);9,19H,5-8H2,1-4H3,(H2,13,14,15,16,17). The average molecular weight is 549 g/mol. The maximum absolute atomic E-state index is 9.92. The van der Waals surface area contributed by atoms with E-state index in [-0.39, 0.29) is 12.0 Å². The highest BCUT2D eigenvalue weighted by Gasteiger charge is 2.17. The Bertz CT molecular complexity index is 891. The maximum Gasteiger partial charge on any atom is 0.256 e. The summed E-state index contributed by atoms with van der Waals surface area (Å²) in [5.41, 5.74) is 0. The normalized spacial score (nSPS) is 13.0. The lowest BCUT2D eigenvalue weighted by Gasteiger charge is -2.26. The van der Waals surface area contributed by atoms with E-state index in [1.54, 1.807) is 5.06 Å². The van der Waals surface area contributed by atoms with Gasteiger partial charge in [0.15, 0.2) is 0 Å². The summed E-state index contributed by atoms with van der Waals surface area (Å²) in [6, 6.07) is -0.0968. The second-order valence-corrected chi connectivity index (χ2v) is 9.35. The van der Waals surface area contributed by atoms with Gasteiger partial charge >= 0.3 is 0 Å². The Morgan fingerprint density at radius 2 is 1.15 bits per heavy atom. The van der Waals surface area contributed by atoms with E-state index in [4.69, 9.17) is 4.84 Å². The number of hydrogen-bond donors (Lipinski definition) is 5. The van der Waals surface area contributed by atoms with E-state index in [0.29, 0.717) is 29.7 Å². The number of hydrogen-bond acceptors (Lipinski definition) is 14. The summed E-state index contributed by atoms with van der Waals surface area (Å²) < 4.78 is 0. The molecular formula is C25H48N12O2. The Kier molecular flexibility index (Phi) is 14.8. The number of nitrogens with zero attached hydrogens (tertiary/aromatic N) is 8. The Labute approximate surface area is 232 Å². The van der Waals surface area contributed by atoms with Gasteiger partial charge in [-0.1, -0.05) is 27.7 Å².